The first-order valence-corrected chi connectivity index (χ1v) is 5.03. The second-order valence-electron chi connectivity index (χ2n) is 3.73. The van der Waals surface area contributed by atoms with Crippen LogP contribution in [0.5, 0.6) is 0 Å². The molecule has 5 heteroatoms. The number of hydrogen-bond acceptors (Lipinski definition) is 3. The summed E-state index contributed by atoms with van der Waals surface area (Å²) in [4.78, 5) is 24.0. The summed E-state index contributed by atoms with van der Waals surface area (Å²) in [7, 11) is 0. The Labute approximate surface area is 92.5 Å². The smallest absolute Gasteiger partial charge is 0.337 e. The SMILES string of the molecule is Nc1ccc(N2CCCC2=O)cc1C(=O)O. The third-order valence-corrected chi connectivity index (χ3v) is 2.65. The number of rotatable bonds is 2. The molecule has 3 N–H and O–H groups in total. The van der Waals surface area contributed by atoms with Crippen LogP contribution in [0.3, 0.4) is 0 Å². The summed E-state index contributed by atoms with van der Waals surface area (Å²) >= 11 is 0. The van der Waals surface area contributed by atoms with Gasteiger partial charge in [0.05, 0.1) is 5.56 Å². The Morgan fingerprint density at radius 2 is 2.19 bits per heavy atom. The van der Waals surface area contributed by atoms with E-state index in [4.69, 9.17) is 10.8 Å². The van der Waals surface area contributed by atoms with Crippen LogP contribution in [-0.4, -0.2) is 23.5 Å². The van der Waals surface area contributed by atoms with E-state index in [1.165, 1.54) is 12.1 Å². The highest BCUT2D eigenvalue weighted by Gasteiger charge is 2.22. The summed E-state index contributed by atoms with van der Waals surface area (Å²) in [5.74, 6) is -1.05. The van der Waals surface area contributed by atoms with Crippen LogP contribution in [0.2, 0.25) is 0 Å². The Morgan fingerprint density at radius 1 is 1.44 bits per heavy atom. The fourth-order valence-electron chi connectivity index (χ4n) is 1.82. The van der Waals surface area contributed by atoms with Crippen molar-refractivity contribution in [3.8, 4) is 0 Å². The summed E-state index contributed by atoms with van der Waals surface area (Å²) in [5.41, 5.74) is 6.40. The van der Waals surface area contributed by atoms with E-state index in [9.17, 15) is 9.59 Å². The quantitative estimate of drug-likeness (QED) is 0.731. The number of anilines is 2. The first-order valence-electron chi connectivity index (χ1n) is 5.03. The maximum Gasteiger partial charge on any atom is 0.337 e. The number of carboxylic acid groups (broad SMARTS) is 1. The zero-order valence-electron chi connectivity index (χ0n) is 8.64. The molecule has 0 aromatic heterocycles. The molecule has 1 amide bonds. The zero-order valence-corrected chi connectivity index (χ0v) is 8.64. The van der Waals surface area contributed by atoms with Crippen LogP contribution in [0.1, 0.15) is 23.2 Å². The molecule has 1 aliphatic heterocycles. The molecule has 16 heavy (non-hydrogen) atoms. The average Bonchev–Trinajstić information content (AvgIpc) is 2.65. The fraction of sp³-hybridized carbons (Fsp3) is 0.273. The van der Waals surface area contributed by atoms with E-state index in [1.54, 1.807) is 11.0 Å². The Bertz CT molecular complexity index is 457. The number of nitrogens with two attached hydrogens (primary N) is 1. The number of nitrogens with zero attached hydrogens (tertiary/aromatic N) is 1. The van der Waals surface area contributed by atoms with Crippen LogP contribution in [0, 0.1) is 0 Å². The van der Waals surface area contributed by atoms with Crippen molar-refractivity contribution in [1.82, 2.24) is 0 Å². The third kappa shape index (κ3) is 1.71. The number of hydrogen-bond donors (Lipinski definition) is 2. The number of benzene rings is 1. The van der Waals surface area contributed by atoms with Gasteiger partial charge in [-0.3, -0.25) is 4.79 Å². The second kappa shape index (κ2) is 3.84. The molecule has 0 atom stereocenters. The van der Waals surface area contributed by atoms with E-state index in [-0.39, 0.29) is 17.2 Å². The molecule has 0 bridgehead atoms. The van der Waals surface area contributed by atoms with Gasteiger partial charge in [-0.05, 0) is 24.6 Å². The van der Waals surface area contributed by atoms with Crippen molar-refractivity contribution in [2.45, 2.75) is 12.8 Å². The molecule has 84 valence electrons. The van der Waals surface area contributed by atoms with Gasteiger partial charge in [0.15, 0.2) is 0 Å². The van der Waals surface area contributed by atoms with Crippen LogP contribution in [-0.2, 0) is 4.79 Å². The van der Waals surface area contributed by atoms with E-state index in [0.717, 1.165) is 6.42 Å². The summed E-state index contributed by atoms with van der Waals surface area (Å²) in [6.07, 6.45) is 1.33. The molecular formula is C11H12N2O3. The highest BCUT2D eigenvalue weighted by Crippen LogP contribution is 2.25. The maximum atomic E-state index is 11.5. The number of aromatic carboxylic acids is 1. The molecule has 0 radical (unpaired) electrons. The lowest BCUT2D eigenvalue weighted by Gasteiger charge is -2.16. The molecule has 1 fully saturated rings. The van der Waals surface area contributed by atoms with Crippen molar-refractivity contribution in [1.29, 1.82) is 0 Å². The van der Waals surface area contributed by atoms with Crippen molar-refractivity contribution in [3.05, 3.63) is 23.8 Å². The number of carbonyl (C=O) groups is 2. The van der Waals surface area contributed by atoms with Gasteiger partial charge in [-0.2, -0.15) is 0 Å². The van der Waals surface area contributed by atoms with Gasteiger partial charge in [0, 0.05) is 24.3 Å². The highest BCUT2D eigenvalue weighted by molar-refractivity contribution is 5.99. The number of amides is 1. The molecule has 0 unspecified atom stereocenters. The Hall–Kier alpha value is -2.04. The molecule has 1 aliphatic rings. The van der Waals surface area contributed by atoms with E-state index in [2.05, 4.69) is 0 Å². The molecule has 0 spiro atoms. The summed E-state index contributed by atoms with van der Waals surface area (Å²) < 4.78 is 0. The molecule has 1 heterocycles. The number of nitrogen functional groups attached to an aromatic ring is 1. The van der Waals surface area contributed by atoms with Crippen LogP contribution in [0.25, 0.3) is 0 Å². The van der Waals surface area contributed by atoms with Gasteiger partial charge < -0.3 is 15.7 Å². The van der Waals surface area contributed by atoms with Crippen molar-refractivity contribution < 1.29 is 14.7 Å². The normalized spacial score (nSPS) is 15.5. The van der Waals surface area contributed by atoms with Crippen molar-refractivity contribution in [3.63, 3.8) is 0 Å². The molecule has 1 aromatic carbocycles. The standard InChI is InChI=1S/C11H12N2O3/c12-9-4-3-7(6-8(9)11(15)16)13-5-1-2-10(13)14/h3-4,6H,1-2,5,12H2,(H,15,16). The van der Waals surface area contributed by atoms with Gasteiger partial charge in [0.1, 0.15) is 0 Å². The molecule has 1 saturated heterocycles. The monoisotopic (exact) mass is 220 g/mol. The summed E-state index contributed by atoms with van der Waals surface area (Å²) in [6.45, 7) is 0.641. The minimum absolute atomic E-state index is 0.0288. The minimum Gasteiger partial charge on any atom is -0.478 e. The summed E-state index contributed by atoms with van der Waals surface area (Å²) in [6, 6.07) is 4.64. The Kier molecular flexibility index (Phi) is 2.52. The average molecular weight is 220 g/mol. The van der Waals surface area contributed by atoms with Crippen LogP contribution < -0.4 is 10.6 Å². The first kappa shape index (κ1) is 10.5. The molecule has 1 aromatic rings. The Balaban J connectivity index is 2.39. The largest absolute Gasteiger partial charge is 0.478 e. The van der Waals surface area contributed by atoms with Crippen LogP contribution >= 0.6 is 0 Å². The first-order chi connectivity index (χ1) is 7.59. The maximum absolute atomic E-state index is 11.5. The zero-order chi connectivity index (χ0) is 11.7. The lowest BCUT2D eigenvalue weighted by atomic mass is 10.1. The van der Waals surface area contributed by atoms with Gasteiger partial charge in [-0.25, -0.2) is 4.79 Å². The van der Waals surface area contributed by atoms with Gasteiger partial charge in [-0.15, -0.1) is 0 Å². The fourth-order valence-corrected chi connectivity index (χ4v) is 1.82. The number of carbonyl (C=O) groups excluding carboxylic acids is 1. The van der Waals surface area contributed by atoms with E-state index in [0.29, 0.717) is 18.7 Å². The van der Waals surface area contributed by atoms with Crippen LogP contribution in [0.15, 0.2) is 18.2 Å². The predicted octanol–water partition coefficient (Wildman–Crippen LogP) is 1.09. The van der Waals surface area contributed by atoms with Gasteiger partial charge in [0.25, 0.3) is 0 Å². The van der Waals surface area contributed by atoms with E-state index in [1.807, 2.05) is 0 Å². The molecule has 2 rings (SSSR count). The lowest BCUT2D eigenvalue weighted by molar-refractivity contribution is -0.117. The Morgan fingerprint density at radius 3 is 2.75 bits per heavy atom. The van der Waals surface area contributed by atoms with Crippen molar-refractivity contribution in [2.24, 2.45) is 0 Å². The highest BCUT2D eigenvalue weighted by atomic mass is 16.4. The molecule has 0 saturated carbocycles. The number of carboxylic acids is 1. The third-order valence-electron chi connectivity index (χ3n) is 2.65. The van der Waals surface area contributed by atoms with E-state index < -0.39 is 5.97 Å². The van der Waals surface area contributed by atoms with Gasteiger partial charge in [0.2, 0.25) is 5.91 Å². The summed E-state index contributed by atoms with van der Waals surface area (Å²) in [5, 5.41) is 8.92. The predicted molar refractivity (Wildman–Crippen MR) is 59.4 cm³/mol. The van der Waals surface area contributed by atoms with Gasteiger partial charge >= 0.3 is 5.97 Å². The van der Waals surface area contributed by atoms with Crippen LogP contribution in [0.4, 0.5) is 11.4 Å². The second-order valence-corrected chi connectivity index (χ2v) is 3.73. The molecule has 5 nitrogen and oxygen atoms in total. The minimum atomic E-state index is -1.08. The molecule has 0 aliphatic carbocycles. The lowest BCUT2D eigenvalue weighted by Crippen LogP contribution is -2.24. The van der Waals surface area contributed by atoms with Crippen molar-refractivity contribution >= 4 is 23.3 Å². The van der Waals surface area contributed by atoms with Crippen molar-refractivity contribution in [2.75, 3.05) is 17.2 Å². The van der Waals surface area contributed by atoms with E-state index >= 15 is 0 Å². The topological polar surface area (TPSA) is 83.6 Å². The van der Waals surface area contributed by atoms with Gasteiger partial charge in [-0.1, -0.05) is 0 Å². The molecular weight excluding hydrogens is 208 g/mol.